The molecule has 0 aromatic rings. The molecule has 0 aliphatic carbocycles. The van der Waals surface area contributed by atoms with Gasteiger partial charge in [-0.25, -0.2) is 0 Å². The number of hydrogen-bond donors (Lipinski definition) is 2. The minimum atomic E-state index is 0. The number of quaternary nitrogens is 1. The van der Waals surface area contributed by atoms with Crippen molar-refractivity contribution < 1.29 is 5.06 Å². The molecule has 2 N–H and O–H groups in total. The van der Waals surface area contributed by atoms with Crippen LogP contribution in [0.15, 0.2) is 0 Å². The molecule has 4 heteroatoms. The highest BCUT2D eigenvalue weighted by Crippen LogP contribution is 1.59. The average molecular weight is 139 g/mol. The van der Waals surface area contributed by atoms with E-state index in [0.717, 1.165) is 26.2 Å². The van der Waals surface area contributed by atoms with Gasteiger partial charge in [0.2, 0.25) is 0 Å². The van der Waals surface area contributed by atoms with E-state index in [9.17, 15) is 5.21 Å². The molecule has 1 rings (SSSR count). The molecule has 0 unspecified atom stereocenters. The van der Waals surface area contributed by atoms with E-state index in [1.54, 1.807) is 0 Å². The lowest BCUT2D eigenvalue weighted by Crippen LogP contribution is -3.10. The summed E-state index contributed by atoms with van der Waals surface area (Å²) in [5.74, 6) is 0. The second kappa shape index (κ2) is 4.09. The topological polar surface area (TPSA) is 39.5 Å². The summed E-state index contributed by atoms with van der Waals surface area (Å²) in [6.07, 6.45) is 0. The summed E-state index contributed by atoms with van der Waals surface area (Å²) >= 11 is 0. The van der Waals surface area contributed by atoms with Crippen LogP contribution >= 0.6 is 12.4 Å². The fourth-order valence-electron chi connectivity index (χ4n) is 0.706. The van der Waals surface area contributed by atoms with Crippen LogP contribution in [0, 0.1) is 5.21 Å². The quantitative estimate of drug-likeness (QED) is 0.396. The van der Waals surface area contributed by atoms with Crippen LogP contribution in [0.1, 0.15) is 0 Å². The first-order chi connectivity index (χ1) is 3.39. The van der Waals surface area contributed by atoms with E-state index in [4.69, 9.17) is 0 Å². The third kappa shape index (κ3) is 2.47. The molecule has 0 saturated carbocycles. The Hall–Kier alpha value is 0.170. The van der Waals surface area contributed by atoms with E-state index in [0.29, 0.717) is 5.06 Å². The maximum Gasteiger partial charge on any atom is 0.0895 e. The molecular formula is C4H11ClN2O. The van der Waals surface area contributed by atoms with Gasteiger partial charge < -0.3 is 15.6 Å². The zero-order valence-corrected chi connectivity index (χ0v) is 5.46. The first-order valence-electron chi connectivity index (χ1n) is 2.62. The summed E-state index contributed by atoms with van der Waals surface area (Å²) < 4.78 is 0. The van der Waals surface area contributed by atoms with Crippen molar-refractivity contribution in [1.82, 2.24) is 5.32 Å². The molecule has 0 radical (unpaired) electrons. The Labute approximate surface area is 55.0 Å². The number of hydrogen-bond acceptors (Lipinski definition) is 2. The Morgan fingerprint density at radius 1 is 1.25 bits per heavy atom. The fourth-order valence-corrected chi connectivity index (χ4v) is 0.706. The predicted octanol–water partition coefficient (Wildman–Crippen LogP) is -1.61. The number of piperazine rings is 1. The summed E-state index contributed by atoms with van der Waals surface area (Å²) in [5, 5.41) is 13.9. The second-order valence-electron chi connectivity index (χ2n) is 1.79. The summed E-state index contributed by atoms with van der Waals surface area (Å²) in [4.78, 5) is 0. The number of halogens is 1. The summed E-state index contributed by atoms with van der Waals surface area (Å²) in [6.45, 7) is 3.25. The average Bonchev–Trinajstić information content (AvgIpc) is 1.69. The van der Waals surface area contributed by atoms with Crippen molar-refractivity contribution in [3.63, 3.8) is 0 Å². The van der Waals surface area contributed by atoms with E-state index in [-0.39, 0.29) is 12.4 Å². The molecule has 0 spiro atoms. The van der Waals surface area contributed by atoms with Gasteiger partial charge >= 0.3 is 0 Å². The van der Waals surface area contributed by atoms with Gasteiger partial charge in [0.1, 0.15) is 0 Å². The molecule has 1 saturated heterocycles. The van der Waals surface area contributed by atoms with Gasteiger partial charge in [0.25, 0.3) is 0 Å². The lowest BCUT2D eigenvalue weighted by Gasteiger charge is -2.26. The molecule has 1 fully saturated rings. The Bertz CT molecular complexity index is 56.0. The normalized spacial score (nSPS) is 22.1. The molecule has 0 bridgehead atoms. The van der Waals surface area contributed by atoms with Gasteiger partial charge in [-0.2, -0.15) is 0 Å². The molecule has 1 aliphatic heterocycles. The second-order valence-corrected chi connectivity index (χ2v) is 1.79. The molecule has 1 aliphatic rings. The molecule has 0 amide bonds. The fraction of sp³-hybridized carbons (Fsp3) is 1.00. The summed E-state index contributed by atoms with van der Waals surface area (Å²) in [7, 11) is 0. The van der Waals surface area contributed by atoms with Gasteiger partial charge in [-0.05, 0) is 0 Å². The van der Waals surface area contributed by atoms with Crippen LogP contribution < -0.4 is 10.4 Å². The minimum absolute atomic E-state index is 0. The van der Waals surface area contributed by atoms with Gasteiger partial charge in [-0.15, -0.1) is 12.4 Å². The van der Waals surface area contributed by atoms with Crippen LogP contribution in [0.2, 0.25) is 0 Å². The first kappa shape index (κ1) is 8.17. The van der Waals surface area contributed by atoms with Crippen molar-refractivity contribution in [2.75, 3.05) is 26.2 Å². The molecule has 50 valence electrons. The van der Waals surface area contributed by atoms with E-state index in [1.807, 2.05) is 0 Å². The molecular weight excluding hydrogens is 128 g/mol. The highest BCUT2D eigenvalue weighted by molar-refractivity contribution is 5.85. The predicted molar refractivity (Wildman–Crippen MR) is 34.2 cm³/mol. The van der Waals surface area contributed by atoms with E-state index in [2.05, 4.69) is 5.32 Å². The van der Waals surface area contributed by atoms with Gasteiger partial charge in [0.05, 0.1) is 13.1 Å². The largest absolute Gasteiger partial charge is 0.634 e. The monoisotopic (exact) mass is 138 g/mol. The maximum absolute atomic E-state index is 10.4. The molecule has 3 nitrogen and oxygen atoms in total. The zero-order chi connectivity index (χ0) is 5.11. The first-order valence-corrected chi connectivity index (χ1v) is 2.62. The van der Waals surface area contributed by atoms with Crippen LogP contribution in [0.4, 0.5) is 0 Å². The van der Waals surface area contributed by atoms with Crippen molar-refractivity contribution >= 4 is 12.4 Å². The highest BCUT2D eigenvalue weighted by atomic mass is 35.5. The number of hydroxylamine groups is 2. The van der Waals surface area contributed by atoms with Gasteiger partial charge in [0, 0.05) is 13.1 Å². The Balaban J connectivity index is 0.000000490. The van der Waals surface area contributed by atoms with Crippen molar-refractivity contribution in [1.29, 1.82) is 0 Å². The van der Waals surface area contributed by atoms with Crippen LogP contribution in [-0.4, -0.2) is 26.2 Å². The smallest absolute Gasteiger partial charge is 0.0895 e. The number of nitrogens with one attached hydrogen (secondary N) is 2. The van der Waals surface area contributed by atoms with Crippen molar-refractivity contribution in [3.05, 3.63) is 5.21 Å². The van der Waals surface area contributed by atoms with Gasteiger partial charge in [0.15, 0.2) is 0 Å². The SMILES string of the molecule is Cl.[O-][NH+]1CCNCC1. The third-order valence-corrected chi connectivity index (χ3v) is 1.16. The molecule has 0 aromatic heterocycles. The van der Waals surface area contributed by atoms with Crippen LogP contribution in [0.25, 0.3) is 0 Å². The lowest BCUT2D eigenvalue weighted by molar-refractivity contribution is -0.850. The zero-order valence-electron chi connectivity index (χ0n) is 4.64. The summed E-state index contributed by atoms with van der Waals surface area (Å²) in [5.41, 5.74) is 0. The number of rotatable bonds is 0. The molecule has 0 atom stereocenters. The molecule has 0 aromatic carbocycles. The lowest BCUT2D eigenvalue weighted by atomic mass is 10.4. The standard InChI is InChI=1S/C4H10N2O.ClH/c7-6-3-1-5-2-4-6;/h5-6H,1-4H2;1H. The minimum Gasteiger partial charge on any atom is -0.634 e. The third-order valence-electron chi connectivity index (χ3n) is 1.16. The Kier molecular flexibility index (Phi) is 4.18. The Morgan fingerprint density at radius 3 is 2.00 bits per heavy atom. The summed E-state index contributed by atoms with van der Waals surface area (Å²) in [6, 6.07) is 0. The van der Waals surface area contributed by atoms with E-state index < -0.39 is 0 Å². The van der Waals surface area contributed by atoms with Crippen LogP contribution in [0.5, 0.6) is 0 Å². The highest BCUT2D eigenvalue weighted by Gasteiger charge is 2.01. The van der Waals surface area contributed by atoms with Gasteiger partial charge in [-0.3, -0.25) is 0 Å². The molecule has 8 heavy (non-hydrogen) atoms. The van der Waals surface area contributed by atoms with Gasteiger partial charge in [-0.1, -0.05) is 0 Å². The molecule has 1 heterocycles. The van der Waals surface area contributed by atoms with Crippen molar-refractivity contribution in [3.8, 4) is 0 Å². The van der Waals surface area contributed by atoms with Crippen LogP contribution in [-0.2, 0) is 0 Å². The maximum atomic E-state index is 10.4. The van der Waals surface area contributed by atoms with Crippen molar-refractivity contribution in [2.24, 2.45) is 0 Å². The van der Waals surface area contributed by atoms with Crippen molar-refractivity contribution in [2.45, 2.75) is 0 Å². The Morgan fingerprint density at radius 2 is 1.75 bits per heavy atom. The van der Waals surface area contributed by atoms with Crippen LogP contribution in [0.3, 0.4) is 0 Å². The van der Waals surface area contributed by atoms with E-state index >= 15 is 0 Å². The van der Waals surface area contributed by atoms with E-state index in [1.165, 1.54) is 0 Å².